The Balaban J connectivity index is 1.50. The van der Waals surface area contributed by atoms with E-state index in [0.29, 0.717) is 17.6 Å². The largest absolute Gasteiger partial charge is 0.485 e. The predicted molar refractivity (Wildman–Crippen MR) is 107 cm³/mol. The van der Waals surface area contributed by atoms with Gasteiger partial charge in [0.1, 0.15) is 12.4 Å². The maximum atomic E-state index is 12.1. The quantitative estimate of drug-likeness (QED) is 0.603. The Morgan fingerprint density at radius 3 is 2.63 bits per heavy atom. The van der Waals surface area contributed by atoms with Gasteiger partial charge in [0.05, 0.1) is 5.75 Å². The number of hydrogen-bond acceptors (Lipinski definition) is 5. The second kappa shape index (κ2) is 8.73. The van der Waals surface area contributed by atoms with E-state index in [1.807, 2.05) is 63.2 Å². The normalized spacial score (nSPS) is 10.6. The lowest BCUT2D eigenvalue weighted by Crippen LogP contribution is -2.14. The van der Waals surface area contributed by atoms with E-state index in [4.69, 9.17) is 4.74 Å². The molecule has 0 aliphatic carbocycles. The Hall–Kier alpha value is -2.80. The molecule has 140 valence electrons. The summed E-state index contributed by atoms with van der Waals surface area (Å²) >= 11 is 1.28. The maximum Gasteiger partial charge on any atom is 0.234 e. The number of nitrogens with one attached hydrogen (secondary N) is 2. The van der Waals surface area contributed by atoms with Gasteiger partial charge in [-0.05, 0) is 49.6 Å². The number of carbonyl (C=O) groups excluding carboxylic acids is 1. The molecule has 27 heavy (non-hydrogen) atoms. The van der Waals surface area contributed by atoms with Gasteiger partial charge in [0.2, 0.25) is 11.1 Å². The summed E-state index contributed by atoms with van der Waals surface area (Å²) in [7, 11) is 0. The number of nitrogens with zero attached hydrogens (tertiary/aromatic N) is 2. The molecule has 1 heterocycles. The summed E-state index contributed by atoms with van der Waals surface area (Å²) in [4.78, 5) is 16.4. The number of anilines is 1. The van der Waals surface area contributed by atoms with E-state index in [1.165, 1.54) is 11.8 Å². The summed E-state index contributed by atoms with van der Waals surface area (Å²) in [6.45, 7) is 6.31. The van der Waals surface area contributed by atoms with Crippen LogP contribution in [0, 0.1) is 20.8 Å². The third-order valence-electron chi connectivity index (χ3n) is 3.91. The van der Waals surface area contributed by atoms with Crippen LogP contribution in [-0.2, 0) is 11.4 Å². The molecule has 2 aromatic carbocycles. The van der Waals surface area contributed by atoms with E-state index in [1.54, 1.807) is 0 Å². The van der Waals surface area contributed by atoms with Crippen molar-refractivity contribution in [3.05, 3.63) is 65.0 Å². The van der Waals surface area contributed by atoms with E-state index in [2.05, 4.69) is 20.5 Å². The molecule has 0 aliphatic heterocycles. The van der Waals surface area contributed by atoms with Crippen LogP contribution < -0.4 is 10.1 Å². The number of aromatic amines is 1. The number of ether oxygens (including phenoxy) is 1. The molecule has 1 amide bonds. The van der Waals surface area contributed by atoms with Crippen LogP contribution in [0.15, 0.2) is 47.6 Å². The zero-order chi connectivity index (χ0) is 19.2. The lowest BCUT2D eigenvalue weighted by Gasteiger charge is -2.10. The van der Waals surface area contributed by atoms with Crippen LogP contribution in [0.2, 0.25) is 0 Å². The molecule has 0 radical (unpaired) electrons. The Morgan fingerprint density at radius 1 is 1.15 bits per heavy atom. The van der Waals surface area contributed by atoms with Crippen molar-refractivity contribution in [3.63, 3.8) is 0 Å². The molecule has 0 spiro atoms. The fourth-order valence-corrected chi connectivity index (χ4v) is 3.24. The van der Waals surface area contributed by atoms with Crippen molar-refractivity contribution in [1.82, 2.24) is 15.2 Å². The molecule has 0 unspecified atom stereocenters. The molecule has 6 nitrogen and oxygen atoms in total. The summed E-state index contributed by atoms with van der Waals surface area (Å²) in [6.07, 6.45) is 0. The minimum Gasteiger partial charge on any atom is -0.485 e. The Kier molecular flexibility index (Phi) is 6.13. The molecule has 0 atom stereocenters. The SMILES string of the molecule is Cc1cccc(NC(=O)CSc2n[nH]c(COc3c(C)cccc3C)n2)c1. The molecule has 0 saturated heterocycles. The highest BCUT2D eigenvalue weighted by Crippen LogP contribution is 2.23. The van der Waals surface area contributed by atoms with Gasteiger partial charge < -0.3 is 10.1 Å². The zero-order valence-corrected chi connectivity index (χ0v) is 16.4. The first kappa shape index (κ1) is 19.0. The number of thioether (sulfide) groups is 1. The first-order valence-corrected chi connectivity index (χ1v) is 9.59. The Morgan fingerprint density at radius 2 is 1.89 bits per heavy atom. The number of H-pyrrole nitrogens is 1. The van der Waals surface area contributed by atoms with Crippen LogP contribution >= 0.6 is 11.8 Å². The topological polar surface area (TPSA) is 79.9 Å². The number of hydrogen-bond donors (Lipinski definition) is 2. The highest BCUT2D eigenvalue weighted by molar-refractivity contribution is 7.99. The summed E-state index contributed by atoms with van der Waals surface area (Å²) in [5.74, 6) is 1.63. The van der Waals surface area contributed by atoms with Gasteiger partial charge in [0, 0.05) is 5.69 Å². The van der Waals surface area contributed by atoms with Crippen molar-refractivity contribution in [2.45, 2.75) is 32.5 Å². The number of carbonyl (C=O) groups is 1. The minimum absolute atomic E-state index is 0.0938. The zero-order valence-electron chi connectivity index (χ0n) is 15.6. The fraction of sp³-hybridized carbons (Fsp3) is 0.250. The molecule has 0 bridgehead atoms. The van der Waals surface area contributed by atoms with Crippen molar-refractivity contribution < 1.29 is 9.53 Å². The molecule has 0 aliphatic rings. The van der Waals surface area contributed by atoms with Gasteiger partial charge in [-0.1, -0.05) is 42.1 Å². The number of rotatable bonds is 7. The molecule has 3 rings (SSSR count). The van der Waals surface area contributed by atoms with Crippen LogP contribution in [0.4, 0.5) is 5.69 Å². The van der Waals surface area contributed by atoms with Gasteiger partial charge in [-0.2, -0.15) is 0 Å². The molecule has 7 heteroatoms. The van der Waals surface area contributed by atoms with Gasteiger partial charge in [-0.3, -0.25) is 9.89 Å². The minimum atomic E-state index is -0.0938. The lowest BCUT2D eigenvalue weighted by atomic mass is 10.1. The van der Waals surface area contributed by atoms with Gasteiger partial charge in [-0.25, -0.2) is 4.98 Å². The summed E-state index contributed by atoms with van der Waals surface area (Å²) in [6, 6.07) is 13.7. The fourth-order valence-electron chi connectivity index (χ4n) is 2.62. The molecule has 1 aromatic heterocycles. The smallest absolute Gasteiger partial charge is 0.234 e. The van der Waals surface area contributed by atoms with Crippen LogP contribution in [-0.4, -0.2) is 26.8 Å². The number of aromatic nitrogens is 3. The van der Waals surface area contributed by atoms with E-state index >= 15 is 0 Å². The molecule has 2 N–H and O–H groups in total. The van der Waals surface area contributed by atoms with Crippen LogP contribution in [0.5, 0.6) is 5.75 Å². The monoisotopic (exact) mass is 382 g/mol. The van der Waals surface area contributed by atoms with E-state index in [0.717, 1.165) is 28.1 Å². The summed E-state index contributed by atoms with van der Waals surface area (Å²) in [5.41, 5.74) is 4.05. The Labute approximate surface area is 162 Å². The van der Waals surface area contributed by atoms with E-state index in [9.17, 15) is 4.79 Å². The van der Waals surface area contributed by atoms with Gasteiger partial charge in [0.25, 0.3) is 0 Å². The predicted octanol–water partition coefficient (Wildman–Crippen LogP) is 4.04. The standard InChI is InChI=1S/C20H22N4O2S/c1-13-6-4-9-16(10-13)21-18(25)12-27-20-22-17(23-24-20)11-26-19-14(2)7-5-8-15(19)3/h4-10H,11-12H2,1-3H3,(H,21,25)(H,22,23,24). The van der Waals surface area contributed by atoms with Crippen molar-refractivity contribution in [3.8, 4) is 5.75 Å². The van der Waals surface area contributed by atoms with Crippen molar-refractivity contribution >= 4 is 23.4 Å². The highest BCUT2D eigenvalue weighted by Gasteiger charge is 2.10. The molecule has 0 fully saturated rings. The first-order chi connectivity index (χ1) is 13.0. The molecule has 0 saturated carbocycles. The summed E-state index contributed by atoms with van der Waals surface area (Å²) < 4.78 is 5.86. The molecular weight excluding hydrogens is 360 g/mol. The van der Waals surface area contributed by atoms with Crippen molar-refractivity contribution in [1.29, 1.82) is 0 Å². The van der Waals surface area contributed by atoms with E-state index in [-0.39, 0.29) is 11.7 Å². The maximum absolute atomic E-state index is 12.1. The highest BCUT2D eigenvalue weighted by atomic mass is 32.2. The lowest BCUT2D eigenvalue weighted by molar-refractivity contribution is -0.113. The van der Waals surface area contributed by atoms with Gasteiger partial charge in [-0.15, -0.1) is 5.10 Å². The van der Waals surface area contributed by atoms with Crippen molar-refractivity contribution in [2.75, 3.05) is 11.1 Å². The first-order valence-electron chi connectivity index (χ1n) is 8.61. The van der Waals surface area contributed by atoms with Crippen LogP contribution in [0.25, 0.3) is 0 Å². The second-order valence-electron chi connectivity index (χ2n) is 6.28. The third-order valence-corrected chi connectivity index (χ3v) is 4.75. The summed E-state index contributed by atoms with van der Waals surface area (Å²) in [5, 5.41) is 10.4. The van der Waals surface area contributed by atoms with Gasteiger partial charge >= 0.3 is 0 Å². The number of amides is 1. The number of aryl methyl sites for hydroxylation is 3. The average molecular weight is 382 g/mol. The van der Waals surface area contributed by atoms with Crippen LogP contribution in [0.1, 0.15) is 22.5 Å². The second-order valence-corrected chi connectivity index (χ2v) is 7.22. The molecular formula is C20H22N4O2S. The Bertz CT molecular complexity index is 919. The number of benzene rings is 2. The third kappa shape index (κ3) is 5.34. The van der Waals surface area contributed by atoms with Gasteiger partial charge in [0.15, 0.2) is 5.82 Å². The van der Waals surface area contributed by atoms with E-state index < -0.39 is 0 Å². The van der Waals surface area contributed by atoms with Crippen LogP contribution in [0.3, 0.4) is 0 Å². The van der Waals surface area contributed by atoms with Crippen molar-refractivity contribution in [2.24, 2.45) is 0 Å². The average Bonchev–Trinajstić information content (AvgIpc) is 3.07. The number of para-hydroxylation sites is 1. The molecule has 3 aromatic rings.